The molecule has 1 heterocycles. The number of carbonyl (C=O) groups is 1. The van der Waals surface area contributed by atoms with Crippen LogP contribution in [0.4, 0.5) is 5.82 Å². The van der Waals surface area contributed by atoms with Gasteiger partial charge in [0.2, 0.25) is 5.91 Å². The predicted molar refractivity (Wildman–Crippen MR) is 97.5 cm³/mol. The lowest BCUT2D eigenvalue weighted by Crippen LogP contribution is -2.12. The van der Waals surface area contributed by atoms with Crippen molar-refractivity contribution in [2.75, 3.05) is 5.32 Å². The second kappa shape index (κ2) is 7.07. The van der Waals surface area contributed by atoms with E-state index in [1.54, 1.807) is 4.68 Å². The van der Waals surface area contributed by atoms with Crippen LogP contribution >= 0.6 is 23.2 Å². The number of hydrogen-bond acceptors (Lipinski definition) is 2. The zero-order chi connectivity index (χ0) is 17.1. The molecule has 2 aromatic carbocycles. The van der Waals surface area contributed by atoms with Gasteiger partial charge in [0, 0.05) is 28.6 Å². The van der Waals surface area contributed by atoms with Gasteiger partial charge < -0.3 is 5.32 Å². The standard InChI is InChI=1S/C18H15Cl2N3O/c1-12(24)21-18-10-17(14-4-8-16(20)9-5-14)22-23(18)11-13-2-6-15(19)7-3-13/h2-10H,11H2,1H3,(H,21,24). The largest absolute Gasteiger partial charge is 0.311 e. The van der Waals surface area contributed by atoms with Crippen LogP contribution in [-0.2, 0) is 11.3 Å². The van der Waals surface area contributed by atoms with Crippen molar-refractivity contribution in [1.82, 2.24) is 9.78 Å². The molecule has 4 nitrogen and oxygen atoms in total. The molecule has 0 saturated heterocycles. The lowest BCUT2D eigenvalue weighted by Gasteiger charge is -2.07. The summed E-state index contributed by atoms with van der Waals surface area (Å²) in [4.78, 5) is 11.5. The van der Waals surface area contributed by atoms with E-state index in [2.05, 4.69) is 10.4 Å². The maximum atomic E-state index is 11.5. The zero-order valence-electron chi connectivity index (χ0n) is 13.0. The quantitative estimate of drug-likeness (QED) is 0.722. The Hall–Kier alpha value is -2.30. The van der Waals surface area contributed by atoms with E-state index in [-0.39, 0.29) is 5.91 Å². The summed E-state index contributed by atoms with van der Waals surface area (Å²) in [6.45, 7) is 2.00. The number of nitrogens with one attached hydrogen (secondary N) is 1. The fourth-order valence-corrected chi connectivity index (χ4v) is 2.59. The number of hydrogen-bond donors (Lipinski definition) is 1. The van der Waals surface area contributed by atoms with E-state index in [1.165, 1.54) is 6.92 Å². The Labute approximate surface area is 150 Å². The van der Waals surface area contributed by atoms with E-state index in [4.69, 9.17) is 23.2 Å². The van der Waals surface area contributed by atoms with Gasteiger partial charge in [-0.2, -0.15) is 5.10 Å². The molecule has 6 heteroatoms. The van der Waals surface area contributed by atoms with Gasteiger partial charge in [0.1, 0.15) is 5.82 Å². The Balaban J connectivity index is 1.95. The molecule has 1 amide bonds. The molecule has 0 spiro atoms. The summed E-state index contributed by atoms with van der Waals surface area (Å²) < 4.78 is 1.76. The van der Waals surface area contributed by atoms with E-state index in [0.29, 0.717) is 22.4 Å². The van der Waals surface area contributed by atoms with Crippen molar-refractivity contribution in [3.05, 3.63) is 70.2 Å². The predicted octanol–water partition coefficient (Wildman–Crippen LogP) is 4.86. The topological polar surface area (TPSA) is 46.9 Å². The Morgan fingerprint density at radius 2 is 1.62 bits per heavy atom. The summed E-state index contributed by atoms with van der Waals surface area (Å²) in [5.74, 6) is 0.498. The van der Waals surface area contributed by atoms with Crippen molar-refractivity contribution < 1.29 is 4.79 Å². The van der Waals surface area contributed by atoms with Crippen LogP contribution in [0.2, 0.25) is 10.0 Å². The van der Waals surface area contributed by atoms with Crippen LogP contribution in [-0.4, -0.2) is 15.7 Å². The molecule has 1 aromatic heterocycles. The van der Waals surface area contributed by atoms with Gasteiger partial charge >= 0.3 is 0 Å². The molecular weight excluding hydrogens is 345 g/mol. The second-order valence-electron chi connectivity index (χ2n) is 5.39. The van der Waals surface area contributed by atoms with Crippen molar-refractivity contribution >= 4 is 34.9 Å². The fourth-order valence-electron chi connectivity index (χ4n) is 2.34. The normalized spacial score (nSPS) is 10.6. The lowest BCUT2D eigenvalue weighted by molar-refractivity contribution is -0.114. The maximum absolute atomic E-state index is 11.5. The van der Waals surface area contributed by atoms with Crippen molar-refractivity contribution in [2.24, 2.45) is 0 Å². The number of nitrogens with zero attached hydrogens (tertiary/aromatic N) is 2. The SMILES string of the molecule is CC(=O)Nc1cc(-c2ccc(Cl)cc2)nn1Cc1ccc(Cl)cc1. The van der Waals surface area contributed by atoms with Crippen LogP contribution < -0.4 is 5.32 Å². The third kappa shape index (κ3) is 3.96. The van der Waals surface area contributed by atoms with Crippen LogP contribution in [0, 0.1) is 0 Å². The zero-order valence-corrected chi connectivity index (χ0v) is 14.5. The molecule has 3 aromatic rings. The number of amides is 1. The number of carbonyl (C=O) groups excluding carboxylic acids is 1. The molecule has 0 unspecified atom stereocenters. The highest BCUT2D eigenvalue weighted by Crippen LogP contribution is 2.24. The summed E-state index contributed by atoms with van der Waals surface area (Å²) >= 11 is 11.9. The molecule has 3 rings (SSSR count). The average molecular weight is 360 g/mol. The molecule has 0 atom stereocenters. The maximum Gasteiger partial charge on any atom is 0.222 e. The van der Waals surface area contributed by atoms with Crippen molar-refractivity contribution in [2.45, 2.75) is 13.5 Å². The number of anilines is 1. The molecular formula is C18H15Cl2N3O. The van der Waals surface area contributed by atoms with Crippen LogP contribution in [0.1, 0.15) is 12.5 Å². The first-order chi connectivity index (χ1) is 11.5. The Morgan fingerprint density at radius 1 is 1.04 bits per heavy atom. The summed E-state index contributed by atoms with van der Waals surface area (Å²) in [6.07, 6.45) is 0. The number of rotatable bonds is 4. The Bertz CT molecular complexity index is 855. The van der Waals surface area contributed by atoms with Crippen molar-refractivity contribution in [3.63, 3.8) is 0 Å². The Kier molecular flexibility index (Phi) is 4.88. The Morgan fingerprint density at radius 3 is 2.21 bits per heavy atom. The molecule has 1 N–H and O–H groups in total. The van der Waals surface area contributed by atoms with E-state index in [9.17, 15) is 4.79 Å². The van der Waals surface area contributed by atoms with Gasteiger partial charge in [-0.25, -0.2) is 4.68 Å². The highest BCUT2D eigenvalue weighted by Gasteiger charge is 2.11. The summed E-state index contributed by atoms with van der Waals surface area (Å²) in [5, 5.41) is 8.77. The van der Waals surface area contributed by atoms with Gasteiger partial charge in [-0.3, -0.25) is 4.79 Å². The summed E-state index contributed by atoms with van der Waals surface area (Å²) in [5.41, 5.74) is 2.74. The molecule has 0 fully saturated rings. The second-order valence-corrected chi connectivity index (χ2v) is 6.26. The first kappa shape index (κ1) is 16.6. The molecule has 0 aliphatic carbocycles. The van der Waals surface area contributed by atoms with Gasteiger partial charge in [-0.05, 0) is 29.8 Å². The summed E-state index contributed by atoms with van der Waals surface area (Å²) in [6, 6.07) is 16.8. The third-order valence-electron chi connectivity index (χ3n) is 3.47. The smallest absolute Gasteiger partial charge is 0.222 e. The van der Waals surface area contributed by atoms with Crippen molar-refractivity contribution in [1.29, 1.82) is 0 Å². The van der Waals surface area contributed by atoms with Crippen LogP contribution in [0.3, 0.4) is 0 Å². The van der Waals surface area contributed by atoms with Gasteiger partial charge in [0.25, 0.3) is 0 Å². The minimum atomic E-state index is -0.144. The van der Waals surface area contributed by atoms with E-state index >= 15 is 0 Å². The minimum absolute atomic E-state index is 0.144. The van der Waals surface area contributed by atoms with E-state index < -0.39 is 0 Å². The van der Waals surface area contributed by atoms with Crippen LogP contribution in [0.15, 0.2) is 54.6 Å². The third-order valence-corrected chi connectivity index (χ3v) is 3.97. The van der Waals surface area contributed by atoms with E-state index in [1.807, 2.05) is 54.6 Å². The van der Waals surface area contributed by atoms with Gasteiger partial charge in [-0.15, -0.1) is 0 Å². The molecule has 24 heavy (non-hydrogen) atoms. The number of aromatic nitrogens is 2. The first-order valence-electron chi connectivity index (χ1n) is 7.37. The minimum Gasteiger partial charge on any atom is -0.311 e. The molecule has 0 saturated carbocycles. The fraction of sp³-hybridized carbons (Fsp3) is 0.111. The van der Waals surface area contributed by atoms with Gasteiger partial charge in [0.05, 0.1) is 12.2 Å². The lowest BCUT2D eigenvalue weighted by atomic mass is 10.1. The average Bonchev–Trinajstić information content (AvgIpc) is 2.92. The highest BCUT2D eigenvalue weighted by molar-refractivity contribution is 6.30. The van der Waals surface area contributed by atoms with Gasteiger partial charge in [-0.1, -0.05) is 47.5 Å². The first-order valence-corrected chi connectivity index (χ1v) is 8.13. The molecule has 0 bridgehead atoms. The van der Waals surface area contributed by atoms with Crippen LogP contribution in [0.25, 0.3) is 11.3 Å². The van der Waals surface area contributed by atoms with Crippen molar-refractivity contribution in [3.8, 4) is 11.3 Å². The molecule has 0 radical (unpaired) electrons. The molecule has 122 valence electrons. The van der Waals surface area contributed by atoms with E-state index in [0.717, 1.165) is 16.8 Å². The number of halogens is 2. The monoisotopic (exact) mass is 359 g/mol. The van der Waals surface area contributed by atoms with Gasteiger partial charge in [0.15, 0.2) is 0 Å². The molecule has 0 aliphatic heterocycles. The number of benzene rings is 2. The molecule has 0 aliphatic rings. The summed E-state index contributed by atoms with van der Waals surface area (Å²) in [7, 11) is 0. The highest BCUT2D eigenvalue weighted by atomic mass is 35.5. The van der Waals surface area contributed by atoms with Crippen LogP contribution in [0.5, 0.6) is 0 Å².